The van der Waals surface area contributed by atoms with Gasteiger partial charge in [-0.1, -0.05) is 36.4 Å². The van der Waals surface area contributed by atoms with Crippen LogP contribution in [0.3, 0.4) is 0 Å². The van der Waals surface area contributed by atoms with Gasteiger partial charge in [0.1, 0.15) is 24.6 Å². The number of ether oxygens (including phenoxy) is 2. The third kappa shape index (κ3) is 5.42. The van der Waals surface area contributed by atoms with Crippen LogP contribution >= 0.6 is 0 Å². The smallest absolute Gasteiger partial charge is 0.310 e. The number of rotatable bonds is 7. The van der Waals surface area contributed by atoms with Crippen molar-refractivity contribution in [3.63, 3.8) is 0 Å². The molecule has 1 atom stereocenters. The minimum Gasteiger partial charge on any atom is -0.491 e. The molecule has 5 nitrogen and oxygen atoms in total. The first-order chi connectivity index (χ1) is 16.7. The highest BCUT2D eigenvalue weighted by Crippen LogP contribution is 2.47. The van der Waals surface area contributed by atoms with Crippen LogP contribution in [0.1, 0.15) is 43.5 Å². The van der Waals surface area contributed by atoms with E-state index in [1.54, 1.807) is 0 Å². The van der Waals surface area contributed by atoms with Crippen LogP contribution in [0, 0.1) is 0 Å². The lowest BCUT2D eigenvalue weighted by atomic mass is 9.84. The van der Waals surface area contributed by atoms with Crippen LogP contribution in [0.2, 0.25) is 0 Å². The van der Waals surface area contributed by atoms with E-state index in [2.05, 4.69) is 47.6 Å². The zero-order valence-electron chi connectivity index (χ0n) is 21.0. The summed E-state index contributed by atoms with van der Waals surface area (Å²) in [5.41, 5.74) is 7.02. The van der Waals surface area contributed by atoms with Crippen LogP contribution < -0.4 is 15.0 Å². The molecule has 0 bridgehead atoms. The molecular formula is C29H33FN2O3. The summed E-state index contributed by atoms with van der Waals surface area (Å²) in [5.74, 6) is 0.397. The molecule has 0 fully saturated rings. The zero-order valence-corrected chi connectivity index (χ0v) is 21.0. The van der Waals surface area contributed by atoms with Crippen molar-refractivity contribution in [2.75, 3.05) is 37.6 Å². The topological polar surface area (TPSA) is 50.8 Å². The van der Waals surface area contributed by atoms with Crippen molar-refractivity contribution in [1.82, 2.24) is 0 Å². The molecule has 0 saturated carbocycles. The van der Waals surface area contributed by atoms with Crippen molar-refractivity contribution < 1.29 is 18.7 Å². The fourth-order valence-electron chi connectivity index (χ4n) is 4.60. The second-order valence-corrected chi connectivity index (χ2v) is 9.79. The largest absolute Gasteiger partial charge is 0.491 e. The number of anilines is 2. The van der Waals surface area contributed by atoms with Crippen LogP contribution in [0.15, 0.2) is 60.7 Å². The van der Waals surface area contributed by atoms with Crippen LogP contribution in [-0.2, 0) is 16.0 Å². The zero-order chi connectivity index (χ0) is 25.2. The molecule has 0 spiro atoms. The molecule has 1 aliphatic rings. The van der Waals surface area contributed by atoms with Gasteiger partial charge in [0.15, 0.2) is 0 Å². The monoisotopic (exact) mass is 476 g/mol. The summed E-state index contributed by atoms with van der Waals surface area (Å²) in [5, 5.41) is 3.23. The fraction of sp³-hybridized carbons (Fsp3) is 0.345. The second kappa shape index (κ2) is 9.98. The summed E-state index contributed by atoms with van der Waals surface area (Å²) in [7, 11) is 4.00. The summed E-state index contributed by atoms with van der Waals surface area (Å²) in [6.07, 6.45) is 0.211. The lowest BCUT2D eigenvalue weighted by Crippen LogP contribution is -2.29. The number of nitrogens with one attached hydrogen (secondary N) is 1. The number of carbonyl (C=O) groups excluding carboxylic acids is 1. The lowest BCUT2D eigenvalue weighted by Gasteiger charge is -2.38. The van der Waals surface area contributed by atoms with Gasteiger partial charge in [-0.3, -0.25) is 4.79 Å². The quantitative estimate of drug-likeness (QED) is 0.414. The normalized spacial score (nSPS) is 14.7. The van der Waals surface area contributed by atoms with Crippen molar-refractivity contribution in [2.45, 2.75) is 38.8 Å². The number of alkyl halides is 1. The van der Waals surface area contributed by atoms with E-state index in [4.69, 9.17) is 9.47 Å². The second-order valence-electron chi connectivity index (χ2n) is 9.79. The Morgan fingerprint density at radius 1 is 1.03 bits per heavy atom. The maximum atomic E-state index is 12.5. The predicted molar refractivity (Wildman–Crippen MR) is 139 cm³/mol. The number of fused-ring (bicyclic) bond motifs is 3. The number of hydrogen-bond donors (Lipinski definition) is 1. The van der Waals surface area contributed by atoms with Crippen molar-refractivity contribution in [1.29, 1.82) is 0 Å². The first-order valence-corrected chi connectivity index (χ1v) is 11.9. The molecule has 0 aromatic heterocycles. The molecule has 1 N–H and O–H groups in total. The highest BCUT2D eigenvalue weighted by Gasteiger charge is 2.31. The number of esters is 1. The molecule has 0 aliphatic carbocycles. The number of hydrogen-bond acceptors (Lipinski definition) is 5. The van der Waals surface area contributed by atoms with Gasteiger partial charge in [0.05, 0.1) is 12.5 Å². The molecule has 0 amide bonds. The molecule has 1 heterocycles. The third-order valence-corrected chi connectivity index (χ3v) is 6.06. The van der Waals surface area contributed by atoms with Crippen LogP contribution in [0.5, 0.6) is 5.75 Å². The Kier molecular flexibility index (Phi) is 7.01. The Balaban J connectivity index is 1.77. The number of nitrogens with zero attached hydrogens (tertiary/aromatic N) is 1. The predicted octanol–water partition coefficient (Wildman–Crippen LogP) is 6.17. The lowest BCUT2D eigenvalue weighted by molar-refractivity contribution is -0.153. The van der Waals surface area contributed by atoms with Crippen molar-refractivity contribution >= 4 is 17.3 Å². The van der Waals surface area contributed by atoms with Crippen molar-refractivity contribution in [3.8, 4) is 16.9 Å². The van der Waals surface area contributed by atoms with Gasteiger partial charge in [-0.25, -0.2) is 4.39 Å². The Labute approximate surface area is 206 Å². The van der Waals surface area contributed by atoms with E-state index in [1.165, 1.54) is 0 Å². The molecule has 35 heavy (non-hydrogen) atoms. The van der Waals surface area contributed by atoms with Gasteiger partial charge < -0.3 is 19.7 Å². The molecule has 6 heteroatoms. The van der Waals surface area contributed by atoms with E-state index in [0.29, 0.717) is 5.75 Å². The van der Waals surface area contributed by atoms with Gasteiger partial charge >= 0.3 is 5.97 Å². The Bertz CT molecular complexity index is 1200. The fourth-order valence-corrected chi connectivity index (χ4v) is 4.60. The summed E-state index contributed by atoms with van der Waals surface area (Å²) in [4.78, 5) is 14.8. The first kappa shape index (κ1) is 24.6. The third-order valence-electron chi connectivity index (χ3n) is 6.06. The molecule has 184 valence electrons. The average molecular weight is 477 g/mol. The van der Waals surface area contributed by atoms with Crippen molar-refractivity contribution in [3.05, 3.63) is 77.4 Å². The number of benzene rings is 3. The van der Waals surface area contributed by atoms with Gasteiger partial charge in [0.2, 0.25) is 0 Å². The van der Waals surface area contributed by atoms with E-state index in [9.17, 15) is 9.18 Å². The SMILES string of the molecule is CNc1ccc2c(c1)N(C)C(c1ccc(OCCF)cc1)c1cc(CC(=O)OC(C)(C)C)ccc1-2. The van der Waals surface area contributed by atoms with Crippen LogP contribution in [-0.4, -0.2) is 38.9 Å². The summed E-state index contributed by atoms with van der Waals surface area (Å²) >= 11 is 0. The molecular weight excluding hydrogens is 443 g/mol. The Morgan fingerprint density at radius 2 is 1.74 bits per heavy atom. The Morgan fingerprint density at radius 3 is 2.40 bits per heavy atom. The van der Waals surface area contributed by atoms with Gasteiger partial charge in [-0.2, -0.15) is 0 Å². The van der Waals surface area contributed by atoms with Crippen LogP contribution in [0.25, 0.3) is 11.1 Å². The maximum Gasteiger partial charge on any atom is 0.310 e. The number of carbonyl (C=O) groups is 1. The average Bonchev–Trinajstić information content (AvgIpc) is 2.82. The van der Waals surface area contributed by atoms with Gasteiger partial charge in [0, 0.05) is 31.0 Å². The standard InChI is InChI=1S/C29H33FN2O3/c1-29(2,3)35-27(33)17-19-6-12-23-24-13-9-21(31-4)18-26(24)32(5)28(25(23)16-19)20-7-10-22(11-8-20)34-15-14-30/h6-13,16,18,28,31H,14-15,17H2,1-5H3. The summed E-state index contributed by atoms with van der Waals surface area (Å²) in [6, 6.07) is 20.3. The summed E-state index contributed by atoms with van der Waals surface area (Å²) < 4.78 is 23.5. The highest BCUT2D eigenvalue weighted by molar-refractivity contribution is 5.88. The minimum absolute atomic E-state index is 0.0414. The van der Waals surface area contributed by atoms with Gasteiger partial charge in [-0.15, -0.1) is 0 Å². The first-order valence-electron chi connectivity index (χ1n) is 11.9. The molecule has 0 saturated heterocycles. The maximum absolute atomic E-state index is 12.5. The molecule has 0 radical (unpaired) electrons. The van der Waals surface area contributed by atoms with Gasteiger partial charge in [-0.05, 0) is 67.3 Å². The van der Waals surface area contributed by atoms with E-state index in [-0.39, 0.29) is 25.0 Å². The number of halogens is 1. The molecule has 4 rings (SSSR count). The molecule has 3 aromatic rings. The van der Waals surface area contributed by atoms with E-state index in [0.717, 1.165) is 39.2 Å². The highest BCUT2D eigenvalue weighted by atomic mass is 19.1. The van der Waals surface area contributed by atoms with Crippen molar-refractivity contribution in [2.24, 2.45) is 0 Å². The van der Waals surface area contributed by atoms with E-state index >= 15 is 0 Å². The molecule has 3 aromatic carbocycles. The van der Waals surface area contributed by atoms with E-state index < -0.39 is 12.3 Å². The Hall–Kier alpha value is -3.54. The van der Waals surface area contributed by atoms with Gasteiger partial charge in [0.25, 0.3) is 0 Å². The minimum atomic E-state index is -0.524. The van der Waals surface area contributed by atoms with E-state index in [1.807, 2.05) is 58.2 Å². The molecule has 1 aliphatic heterocycles. The van der Waals surface area contributed by atoms with Crippen LogP contribution in [0.4, 0.5) is 15.8 Å². The molecule has 1 unspecified atom stereocenters. The summed E-state index contributed by atoms with van der Waals surface area (Å²) in [6.45, 7) is 5.14.